The normalized spacial score (nSPS) is 12.9. The van der Waals surface area contributed by atoms with E-state index >= 15 is 0 Å². The average Bonchev–Trinajstić information content (AvgIpc) is 3.16. The summed E-state index contributed by atoms with van der Waals surface area (Å²) < 4.78 is 62.0. The summed E-state index contributed by atoms with van der Waals surface area (Å²) in [5.74, 6) is 0.433. The summed E-state index contributed by atoms with van der Waals surface area (Å²) in [4.78, 5) is 14.8. The quantitative estimate of drug-likeness (QED) is 0.343. The van der Waals surface area contributed by atoms with E-state index in [0.29, 0.717) is 15.7 Å². The number of aromatic nitrogens is 3. The fraction of sp³-hybridized carbons (Fsp3) is 0.333. The van der Waals surface area contributed by atoms with Gasteiger partial charge < -0.3 is 0 Å². The zero-order valence-corrected chi connectivity index (χ0v) is 17.4. The highest BCUT2D eigenvalue weighted by atomic mass is 32.2. The maximum atomic E-state index is 12.5. The van der Waals surface area contributed by atoms with Crippen LogP contribution in [0, 0.1) is 0 Å². The lowest BCUT2D eigenvalue weighted by Crippen LogP contribution is -2.29. The molecule has 16 heteroatoms. The summed E-state index contributed by atoms with van der Waals surface area (Å²) in [6.07, 6.45) is 2.30. The van der Waals surface area contributed by atoms with Crippen LogP contribution in [-0.2, 0) is 14.8 Å². The second-order valence-corrected chi connectivity index (χ2v) is 9.81. The topological polar surface area (TPSA) is 127 Å². The first-order valence-corrected chi connectivity index (χ1v) is 11.3. The molecule has 0 saturated carbocycles. The van der Waals surface area contributed by atoms with Gasteiger partial charge in [-0.3, -0.25) is 9.52 Å². The van der Waals surface area contributed by atoms with Crippen LogP contribution in [0.25, 0.3) is 6.08 Å². The summed E-state index contributed by atoms with van der Waals surface area (Å²) in [7, 11) is -5.64. The molecule has 1 N–H and O–H groups in total. The van der Waals surface area contributed by atoms with Gasteiger partial charge in [-0.2, -0.15) is 21.6 Å². The summed E-state index contributed by atoms with van der Waals surface area (Å²) >= 11 is 3.12. The van der Waals surface area contributed by atoms with Crippen LogP contribution in [-0.4, -0.2) is 40.6 Å². The highest BCUT2D eigenvalue weighted by Gasteiger charge is 2.46. The first kappa shape index (κ1) is 22.4. The number of allylic oxidation sites excluding steroid dienone is 1. The molecule has 0 aliphatic rings. The SMILES string of the molecule is CCSc1nnc(/N=N/c2sc(NS(=O)(=O)C(F)(F)F)nc2/C=C\C(C)=O)s1. The molecule has 28 heavy (non-hydrogen) atoms. The van der Waals surface area contributed by atoms with Gasteiger partial charge in [-0.25, -0.2) is 4.98 Å². The molecule has 0 amide bonds. The standard InChI is InChI=1S/C12H11F3N6O3S4/c1-3-25-11-20-19-10(27-11)18-17-8-7(5-4-6(2)22)16-9(26-8)21-28(23,24)12(13,14)15/h4-5H,3H2,1-2H3,(H,16,21)/b5-4-,18-17+. The Labute approximate surface area is 169 Å². The van der Waals surface area contributed by atoms with Gasteiger partial charge in [0.1, 0.15) is 5.69 Å². The van der Waals surface area contributed by atoms with E-state index in [9.17, 15) is 26.4 Å². The Morgan fingerprint density at radius 2 is 2.00 bits per heavy atom. The number of anilines is 1. The first-order chi connectivity index (χ1) is 13.0. The van der Waals surface area contributed by atoms with Crippen molar-refractivity contribution < 1.29 is 26.4 Å². The summed E-state index contributed by atoms with van der Waals surface area (Å²) in [6, 6.07) is 0. The highest BCUT2D eigenvalue weighted by Crippen LogP contribution is 2.36. The molecule has 0 spiro atoms. The maximum Gasteiger partial charge on any atom is 0.516 e. The van der Waals surface area contributed by atoms with Crippen molar-refractivity contribution in [2.24, 2.45) is 10.2 Å². The van der Waals surface area contributed by atoms with Gasteiger partial charge in [-0.15, -0.1) is 20.4 Å². The average molecular weight is 473 g/mol. The van der Waals surface area contributed by atoms with Gasteiger partial charge in [0.25, 0.3) is 5.13 Å². The number of thioether (sulfide) groups is 1. The van der Waals surface area contributed by atoms with Crippen LogP contribution in [0.1, 0.15) is 19.5 Å². The number of carbonyl (C=O) groups excluding carboxylic acids is 1. The minimum atomic E-state index is -5.64. The summed E-state index contributed by atoms with van der Waals surface area (Å²) in [5, 5.41) is 14.9. The number of azo groups is 1. The minimum Gasteiger partial charge on any atom is -0.295 e. The van der Waals surface area contributed by atoms with Gasteiger partial charge in [0.15, 0.2) is 20.3 Å². The Morgan fingerprint density at radius 1 is 1.29 bits per heavy atom. The van der Waals surface area contributed by atoms with Crippen molar-refractivity contribution in [3.63, 3.8) is 0 Å². The smallest absolute Gasteiger partial charge is 0.295 e. The van der Waals surface area contributed by atoms with Gasteiger partial charge in [0.2, 0.25) is 0 Å². The molecule has 0 aliphatic carbocycles. The molecule has 0 aromatic carbocycles. The molecule has 0 fully saturated rings. The van der Waals surface area contributed by atoms with E-state index < -0.39 is 20.7 Å². The van der Waals surface area contributed by atoms with E-state index in [4.69, 9.17) is 0 Å². The van der Waals surface area contributed by atoms with E-state index in [1.807, 2.05) is 6.92 Å². The molecule has 0 saturated heterocycles. The van der Waals surface area contributed by atoms with E-state index in [2.05, 4.69) is 25.4 Å². The Kier molecular flexibility index (Phi) is 7.24. The van der Waals surface area contributed by atoms with Crippen molar-refractivity contribution in [2.45, 2.75) is 23.7 Å². The third kappa shape index (κ3) is 6.05. The number of hydrogen-bond acceptors (Lipinski definition) is 11. The van der Waals surface area contributed by atoms with Crippen molar-refractivity contribution in [1.29, 1.82) is 0 Å². The van der Waals surface area contributed by atoms with Gasteiger partial charge in [0.05, 0.1) is 0 Å². The molecule has 2 heterocycles. The van der Waals surface area contributed by atoms with Crippen LogP contribution in [0.4, 0.5) is 28.4 Å². The van der Waals surface area contributed by atoms with E-state index in [0.717, 1.165) is 23.2 Å². The number of thiazole rings is 1. The van der Waals surface area contributed by atoms with Gasteiger partial charge >= 0.3 is 15.5 Å². The largest absolute Gasteiger partial charge is 0.516 e. The van der Waals surface area contributed by atoms with E-state index in [-0.39, 0.29) is 21.6 Å². The van der Waals surface area contributed by atoms with Crippen molar-refractivity contribution in [3.05, 3.63) is 11.8 Å². The highest BCUT2D eigenvalue weighted by molar-refractivity contribution is 8.01. The Morgan fingerprint density at radius 3 is 2.61 bits per heavy atom. The number of alkyl halides is 3. The molecule has 2 aromatic rings. The van der Waals surface area contributed by atoms with Crippen LogP contribution in [0.5, 0.6) is 0 Å². The van der Waals surface area contributed by atoms with Gasteiger partial charge in [-0.05, 0) is 24.8 Å². The minimum absolute atomic E-state index is 0.0164. The Bertz CT molecular complexity index is 1010. The fourth-order valence-corrected chi connectivity index (χ4v) is 4.50. The molecule has 0 bridgehead atoms. The molecule has 2 rings (SSSR count). The predicted molar refractivity (Wildman–Crippen MR) is 101 cm³/mol. The lowest BCUT2D eigenvalue weighted by Gasteiger charge is -2.07. The van der Waals surface area contributed by atoms with Crippen LogP contribution in [0.3, 0.4) is 0 Å². The second-order valence-electron chi connectivity index (χ2n) is 4.69. The summed E-state index contributed by atoms with van der Waals surface area (Å²) in [5.41, 5.74) is -5.54. The number of nitrogens with zero attached hydrogens (tertiary/aromatic N) is 5. The number of hydrogen-bond donors (Lipinski definition) is 1. The van der Waals surface area contributed by atoms with Gasteiger partial charge in [-0.1, -0.05) is 41.4 Å². The van der Waals surface area contributed by atoms with Crippen LogP contribution >= 0.6 is 34.4 Å². The number of halogens is 3. The third-order valence-corrected chi connectivity index (χ3v) is 6.42. The third-order valence-electron chi connectivity index (χ3n) is 2.53. The van der Waals surface area contributed by atoms with E-state index in [1.165, 1.54) is 29.5 Å². The van der Waals surface area contributed by atoms with Crippen molar-refractivity contribution in [2.75, 3.05) is 10.5 Å². The molecular weight excluding hydrogens is 461 g/mol. The van der Waals surface area contributed by atoms with Crippen molar-refractivity contribution in [3.8, 4) is 0 Å². The number of ketones is 1. The lowest BCUT2D eigenvalue weighted by atomic mass is 10.3. The van der Waals surface area contributed by atoms with Crippen LogP contribution in [0.2, 0.25) is 0 Å². The molecule has 152 valence electrons. The zero-order chi connectivity index (χ0) is 20.9. The number of carbonyl (C=O) groups is 1. The maximum absolute atomic E-state index is 12.5. The second kappa shape index (κ2) is 9.06. The first-order valence-electron chi connectivity index (χ1n) is 7.18. The molecule has 0 unspecified atom stereocenters. The monoisotopic (exact) mass is 472 g/mol. The fourth-order valence-electron chi connectivity index (χ4n) is 1.43. The molecule has 2 aromatic heterocycles. The lowest BCUT2D eigenvalue weighted by molar-refractivity contribution is -0.112. The molecule has 9 nitrogen and oxygen atoms in total. The van der Waals surface area contributed by atoms with E-state index in [1.54, 1.807) is 0 Å². The molecule has 0 radical (unpaired) electrons. The summed E-state index contributed by atoms with van der Waals surface area (Å²) in [6.45, 7) is 3.19. The Hall–Kier alpha value is -1.91. The Balaban J connectivity index is 2.34. The number of rotatable bonds is 8. The van der Waals surface area contributed by atoms with Crippen molar-refractivity contribution in [1.82, 2.24) is 15.2 Å². The van der Waals surface area contributed by atoms with Gasteiger partial charge in [0, 0.05) is 0 Å². The van der Waals surface area contributed by atoms with Crippen LogP contribution in [0.15, 0.2) is 20.6 Å². The van der Waals surface area contributed by atoms with Crippen molar-refractivity contribution >= 4 is 71.6 Å². The number of sulfonamides is 1. The number of nitrogens with one attached hydrogen (secondary N) is 1. The molecule has 0 aliphatic heterocycles. The zero-order valence-electron chi connectivity index (χ0n) is 14.1. The predicted octanol–water partition coefficient (Wildman–Crippen LogP) is 4.39. The molecule has 0 atom stereocenters. The molecular formula is C12H11F3N6O3S4. The van der Waals surface area contributed by atoms with Crippen LogP contribution < -0.4 is 4.72 Å².